The van der Waals surface area contributed by atoms with E-state index in [1.807, 2.05) is 0 Å². The minimum atomic E-state index is 0.637. The number of piperidine rings is 1. The molecular weight excluding hydrogens is 278 g/mol. The van der Waals surface area contributed by atoms with Crippen LogP contribution in [0.5, 0.6) is 5.75 Å². The Hall–Kier alpha value is -0.540. The summed E-state index contributed by atoms with van der Waals surface area (Å²) in [5.74, 6) is 1.71. The topological polar surface area (TPSA) is 21.3 Å². The molecule has 2 rings (SSSR count). The number of hydrogen-bond donors (Lipinski definition) is 1. The maximum Gasteiger partial charge on any atom is 0.126 e. The Morgan fingerprint density at radius 3 is 2.53 bits per heavy atom. The summed E-state index contributed by atoms with van der Waals surface area (Å²) in [4.78, 5) is 0. The van der Waals surface area contributed by atoms with Gasteiger partial charge in [-0.25, -0.2) is 0 Å². The van der Waals surface area contributed by atoms with E-state index in [9.17, 15) is 0 Å². The van der Waals surface area contributed by atoms with Crippen molar-refractivity contribution in [3.05, 3.63) is 27.2 Å². The van der Waals surface area contributed by atoms with Crippen molar-refractivity contribution in [1.29, 1.82) is 0 Å². The van der Waals surface area contributed by atoms with Crippen molar-refractivity contribution >= 4 is 15.9 Å². The van der Waals surface area contributed by atoms with E-state index < -0.39 is 0 Å². The molecule has 0 unspecified atom stereocenters. The van der Waals surface area contributed by atoms with E-state index >= 15 is 0 Å². The van der Waals surface area contributed by atoms with Crippen molar-refractivity contribution in [2.75, 3.05) is 20.2 Å². The van der Waals surface area contributed by atoms with Crippen LogP contribution in [0.3, 0.4) is 0 Å². The minimum absolute atomic E-state index is 0.637. The molecule has 94 valence electrons. The first-order chi connectivity index (χ1) is 8.15. The molecule has 0 atom stereocenters. The highest BCUT2D eigenvalue weighted by molar-refractivity contribution is 9.10. The Morgan fingerprint density at radius 2 is 1.94 bits per heavy atom. The lowest BCUT2D eigenvalue weighted by atomic mass is 9.85. The van der Waals surface area contributed by atoms with Gasteiger partial charge in [-0.15, -0.1) is 0 Å². The largest absolute Gasteiger partial charge is 0.496 e. The van der Waals surface area contributed by atoms with Gasteiger partial charge in [0.1, 0.15) is 5.75 Å². The van der Waals surface area contributed by atoms with Crippen LogP contribution in [0.1, 0.15) is 35.4 Å². The zero-order valence-electron chi connectivity index (χ0n) is 10.8. The Bertz CT molecular complexity index is 411. The van der Waals surface area contributed by atoms with Crippen molar-refractivity contribution < 1.29 is 4.74 Å². The molecule has 0 saturated carbocycles. The maximum atomic E-state index is 5.64. The molecule has 1 N–H and O–H groups in total. The molecule has 3 heteroatoms. The molecule has 1 aromatic carbocycles. The van der Waals surface area contributed by atoms with Crippen LogP contribution in [0.4, 0.5) is 0 Å². The summed E-state index contributed by atoms with van der Waals surface area (Å²) in [5.41, 5.74) is 3.97. The maximum absolute atomic E-state index is 5.64. The van der Waals surface area contributed by atoms with Gasteiger partial charge in [-0.05, 0) is 57.3 Å². The van der Waals surface area contributed by atoms with Crippen molar-refractivity contribution in [1.82, 2.24) is 5.32 Å². The van der Waals surface area contributed by atoms with E-state index in [0.717, 1.165) is 23.3 Å². The summed E-state index contributed by atoms with van der Waals surface area (Å²) < 4.78 is 6.78. The van der Waals surface area contributed by atoms with E-state index in [4.69, 9.17) is 4.74 Å². The van der Waals surface area contributed by atoms with E-state index in [-0.39, 0.29) is 0 Å². The Morgan fingerprint density at radius 1 is 1.29 bits per heavy atom. The molecule has 1 heterocycles. The lowest BCUT2D eigenvalue weighted by Gasteiger charge is -2.27. The fraction of sp³-hybridized carbons (Fsp3) is 0.571. The smallest absolute Gasteiger partial charge is 0.126 e. The number of methoxy groups -OCH3 is 1. The molecule has 1 aliphatic heterocycles. The molecule has 1 fully saturated rings. The number of nitrogens with one attached hydrogen (secondary N) is 1. The molecule has 1 saturated heterocycles. The van der Waals surface area contributed by atoms with E-state index in [0.29, 0.717) is 5.92 Å². The quantitative estimate of drug-likeness (QED) is 0.901. The molecule has 1 aromatic rings. The van der Waals surface area contributed by atoms with Crippen molar-refractivity contribution in [2.24, 2.45) is 0 Å². The first-order valence-electron chi connectivity index (χ1n) is 6.19. The fourth-order valence-electron chi connectivity index (χ4n) is 2.75. The van der Waals surface area contributed by atoms with Gasteiger partial charge in [0.15, 0.2) is 0 Å². The summed E-state index contributed by atoms with van der Waals surface area (Å²) in [6.45, 7) is 6.53. The Balaban J connectivity index is 2.47. The molecular formula is C14H20BrNO. The molecule has 1 aliphatic rings. The molecule has 0 aliphatic carbocycles. The molecule has 0 amide bonds. The minimum Gasteiger partial charge on any atom is -0.496 e. The van der Waals surface area contributed by atoms with Gasteiger partial charge < -0.3 is 10.1 Å². The SMILES string of the molecule is COc1c(C)c(Br)cc(C)c1C1CCNCC1. The molecule has 0 radical (unpaired) electrons. The normalized spacial score (nSPS) is 17.2. The number of rotatable bonds is 2. The van der Waals surface area contributed by atoms with Crippen LogP contribution >= 0.6 is 15.9 Å². The summed E-state index contributed by atoms with van der Waals surface area (Å²) >= 11 is 3.60. The van der Waals surface area contributed by atoms with Gasteiger partial charge in [-0.2, -0.15) is 0 Å². The summed E-state index contributed by atoms with van der Waals surface area (Å²) in [7, 11) is 1.78. The van der Waals surface area contributed by atoms with Crippen LogP contribution in [0.25, 0.3) is 0 Å². The second-order valence-corrected chi connectivity index (χ2v) is 5.63. The van der Waals surface area contributed by atoms with E-state index in [1.54, 1.807) is 7.11 Å². The first kappa shape index (κ1) is 12.9. The number of benzene rings is 1. The predicted octanol–water partition coefficient (Wildman–Crippen LogP) is 3.54. The van der Waals surface area contributed by atoms with Gasteiger partial charge >= 0.3 is 0 Å². The summed E-state index contributed by atoms with van der Waals surface area (Å²) in [5, 5.41) is 3.42. The molecule has 0 spiro atoms. The van der Waals surface area contributed by atoms with Crippen molar-refractivity contribution in [2.45, 2.75) is 32.6 Å². The molecule has 0 bridgehead atoms. The zero-order chi connectivity index (χ0) is 12.4. The summed E-state index contributed by atoms with van der Waals surface area (Å²) in [6.07, 6.45) is 2.41. The van der Waals surface area contributed by atoms with Crippen LogP contribution in [-0.4, -0.2) is 20.2 Å². The molecule has 17 heavy (non-hydrogen) atoms. The molecule has 0 aromatic heterocycles. The highest BCUT2D eigenvalue weighted by atomic mass is 79.9. The van der Waals surface area contributed by atoms with E-state index in [2.05, 4.69) is 41.2 Å². The van der Waals surface area contributed by atoms with Crippen LogP contribution in [0.15, 0.2) is 10.5 Å². The Labute approximate surface area is 112 Å². The average Bonchev–Trinajstić information content (AvgIpc) is 2.34. The second-order valence-electron chi connectivity index (χ2n) is 4.77. The summed E-state index contributed by atoms with van der Waals surface area (Å²) in [6, 6.07) is 2.22. The van der Waals surface area contributed by atoms with Crippen molar-refractivity contribution in [3.63, 3.8) is 0 Å². The van der Waals surface area contributed by atoms with Gasteiger partial charge in [0.2, 0.25) is 0 Å². The van der Waals surface area contributed by atoms with Gasteiger partial charge in [0.25, 0.3) is 0 Å². The van der Waals surface area contributed by atoms with Gasteiger partial charge in [0.05, 0.1) is 7.11 Å². The third kappa shape index (κ3) is 2.50. The van der Waals surface area contributed by atoms with Gasteiger partial charge in [-0.1, -0.05) is 15.9 Å². The standard InChI is InChI=1S/C14H20BrNO/c1-9-8-12(15)10(2)14(17-3)13(9)11-4-6-16-7-5-11/h8,11,16H,4-7H2,1-3H3. The average molecular weight is 298 g/mol. The Kier molecular flexibility index (Phi) is 4.10. The number of halogens is 1. The van der Waals surface area contributed by atoms with Crippen LogP contribution in [-0.2, 0) is 0 Å². The van der Waals surface area contributed by atoms with Crippen LogP contribution < -0.4 is 10.1 Å². The molecule has 2 nitrogen and oxygen atoms in total. The second kappa shape index (κ2) is 5.40. The van der Waals surface area contributed by atoms with Gasteiger partial charge in [-0.3, -0.25) is 0 Å². The zero-order valence-corrected chi connectivity index (χ0v) is 12.4. The fourth-order valence-corrected chi connectivity index (χ4v) is 3.27. The van der Waals surface area contributed by atoms with Crippen LogP contribution in [0.2, 0.25) is 0 Å². The first-order valence-corrected chi connectivity index (χ1v) is 6.98. The number of hydrogen-bond acceptors (Lipinski definition) is 2. The third-order valence-electron chi connectivity index (χ3n) is 3.66. The highest BCUT2D eigenvalue weighted by Gasteiger charge is 2.23. The highest BCUT2D eigenvalue weighted by Crippen LogP contribution is 2.40. The van der Waals surface area contributed by atoms with Crippen molar-refractivity contribution in [3.8, 4) is 5.75 Å². The van der Waals surface area contributed by atoms with Crippen LogP contribution in [0, 0.1) is 13.8 Å². The van der Waals surface area contributed by atoms with E-state index in [1.165, 1.54) is 29.5 Å². The predicted molar refractivity (Wildman–Crippen MR) is 75.0 cm³/mol. The number of aryl methyl sites for hydroxylation is 1. The monoisotopic (exact) mass is 297 g/mol. The van der Waals surface area contributed by atoms with Gasteiger partial charge in [0, 0.05) is 15.6 Å². The number of ether oxygens (including phenoxy) is 1. The lowest BCUT2D eigenvalue weighted by Crippen LogP contribution is -2.27. The lowest BCUT2D eigenvalue weighted by molar-refractivity contribution is 0.387. The third-order valence-corrected chi connectivity index (χ3v) is 4.49.